The van der Waals surface area contributed by atoms with Crippen molar-refractivity contribution < 1.29 is 9.53 Å². The lowest BCUT2D eigenvalue weighted by atomic mass is 10.2. The van der Waals surface area contributed by atoms with Crippen LogP contribution in [0.1, 0.15) is 5.56 Å². The number of ether oxygens (including phenoxy) is 1. The van der Waals surface area contributed by atoms with E-state index < -0.39 is 0 Å². The summed E-state index contributed by atoms with van der Waals surface area (Å²) in [5.41, 5.74) is 6.12. The molecule has 0 heterocycles. The van der Waals surface area contributed by atoms with Crippen molar-refractivity contribution in [3.05, 3.63) is 28.8 Å². The number of benzene rings is 1. The van der Waals surface area contributed by atoms with E-state index in [0.717, 1.165) is 5.56 Å². The summed E-state index contributed by atoms with van der Waals surface area (Å²) < 4.78 is 5.33. The molecule has 0 fully saturated rings. The van der Waals surface area contributed by atoms with Crippen LogP contribution in [0.4, 0.5) is 0 Å². The van der Waals surface area contributed by atoms with Crippen molar-refractivity contribution in [2.24, 2.45) is 5.73 Å². The Kier molecular flexibility index (Phi) is 5.18. The van der Waals surface area contributed by atoms with E-state index >= 15 is 0 Å². The van der Waals surface area contributed by atoms with Crippen LogP contribution in [0.5, 0.6) is 5.75 Å². The van der Waals surface area contributed by atoms with Crippen LogP contribution in [0.25, 0.3) is 0 Å². The number of carbonyl (C=O) groups excluding carboxylic acids is 1. The first-order valence-electron chi connectivity index (χ1n) is 4.93. The normalized spacial score (nSPS) is 9.76. The summed E-state index contributed by atoms with van der Waals surface area (Å²) in [6.45, 7) is 1.95. The van der Waals surface area contributed by atoms with E-state index in [1.165, 1.54) is 0 Å². The number of rotatable bonds is 5. The highest BCUT2D eigenvalue weighted by atomic mass is 35.5. The first kappa shape index (κ1) is 13.7. The number of nitrogens with two attached hydrogens (primary N) is 1. The molecule has 1 rings (SSSR count). The van der Waals surface area contributed by atoms with Gasteiger partial charge in [0.25, 0.3) is 5.91 Å². The minimum atomic E-state index is -0.271. The molecule has 17 heavy (non-hydrogen) atoms. The predicted octanol–water partition coefficient (Wildman–Crippen LogP) is 1.43. The van der Waals surface area contributed by atoms with Crippen LogP contribution >= 0.6 is 23.8 Å². The minimum absolute atomic E-state index is 0.0783. The van der Waals surface area contributed by atoms with E-state index in [4.69, 9.17) is 22.1 Å². The van der Waals surface area contributed by atoms with E-state index in [-0.39, 0.29) is 24.0 Å². The van der Waals surface area contributed by atoms with E-state index in [1.807, 2.05) is 6.92 Å². The van der Waals surface area contributed by atoms with E-state index in [9.17, 15) is 4.79 Å². The molecule has 0 bridgehead atoms. The van der Waals surface area contributed by atoms with Crippen LogP contribution in [0.3, 0.4) is 0 Å². The molecule has 0 atom stereocenters. The topological polar surface area (TPSA) is 64.3 Å². The van der Waals surface area contributed by atoms with Gasteiger partial charge in [0.1, 0.15) is 5.75 Å². The lowest BCUT2D eigenvalue weighted by molar-refractivity contribution is -0.122. The Bertz CT molecular complexity index is 437. The first-order valence-corrected chi connectivity index (χ1v) is 5.71. The minimum Gasteiger partial charge on any atom is -0.484 e. The maximum absolute atomic E-state index is 11.3. The number of carbonyl (C=O) groups is 1. The van der Waals surface area contributed by atoms with Gasteiger partial charge in [-0.1, -0.05) is 23.8 Å². The van der Waals surface area contributed by atoms with Gasteiger partial charge in [0.05, 0.1) is 11.5 Å². The number of hydrogen-bond acceptors (Lipinski definition) is 3. The van der Waals surface area contributed by atoms with Crippen molar-refractivity contribution in [3.63, 3.8) is 0 Å². The molecule has 1 amide bonds. The summed E-state index contributed by atoms with van der Waals surface area (Å²) in [4.78, 5) is 11.6. The van der Waals surface area contributed by atoms with Crippen molar-refractivity contribution in [2.45, 2.75) is 6.92 Å². The summed E-state index contributed by atoms with van der Waals surface area (Å²) in [5, 5.41) is 3.16. The summed E-state index contributed by atoms with van der Waals surface area (Å²) in [6.07, 6.45) is 0. The third-order valence-corrected chi connectivity index (χ3v) is 2.33. The molecule has 4 nitrogen and oxygen atoms in total. The third-order valence-electron chi connectivity index (χ3n) is 1.96. The Morgan fingerprint density at radius 1 is 1.59 bits per heavy atom. The molecule has 3 N–H and O–H groups in total. The van der Waals surface area contributed by atoms with Gasteiger partial charge in [-0.15, -0.1) is 0 Å². The lowest BCUT2D eigenvalue weighted by Gasteiger charge is -2.09. The molecule has 0 saturated heterocycles. The molecule has 0 aliphatic heterocycles. The van der Waals surface area contributed by atoms with Crippen molar-refractivity contribution in [1.82, 2.24) is 5.32 Å². The van der Waals surface area contributed by atoms with Crippen molar-refractivity contribution in [3.8, 4) is 5.75 Å². The van der Waals surface area contributed by atoms with Crippen molar-refractivity contribution in [2.75, 3.05) is 13.2 Å². The van der Waals surface area contributed by atoms with E-state index in [2.05, 4.69) is 17.5 Å². The molecule has 0 saturated carbocycles. The standard InChI is InChI=1S/C11H13ClN2O2S/c1-7-4-8(12)2-3-9(7)16-6-11(15)14-5-10(13)17/h2-4H,5-6H2,1H3,(H2,13,17)(H,14,15). The number of thiocarbonyl (C=S) groups is 1. The van der Waals surface area contributed by atoms with Crippen LogP contribution in [0.15, 0.2) is 18.2 Å². The maximum atomic E-state index is 11.3. The zero-order valence-corrected chi connectivity index (χ0v) is 10.9. The van der Waals surface area contributed by atoms with Crippen molar-refractivity contribution in [1.29, 1.82) is 0 Å². The second-order valence-corrected chi connectivity index (χ2v) is 4.40. The highest BCUT2D eigenvalue weighted by Crippen LogP contribution is 2.21. The molecule has 0 aliphatic rings. The van der Waals surface area contributed by atoms with Crippen LogP contribution in [-0.2, 0) is 4.79 Å². The molecule has 0 spiro atoms. The SMILES string of the molecule is Cc1cc(Cl)ccc1OCC(=O)NCC(N)=S. The molecule has 0 radical (unpaired) electrons. The molecule has 1 aromatic rings. The molecular weight excluding hydrogens is 260 g/mol. The van der Waals surface area contributed by atoms with E-state index in [1.54, 1.807) is 18.2 Å². The highest BCUT2D eigenvalue weighted by Gasteiger charge is 2.05. The van der Waals surface area contributed by atoms with Gasteiger partial charge in [0.2, 0.25) is 0 Å². The van der Waals surface area contributed by atoms with Gasteiger partial charge < -0.3 is 15.8 Å². The monoisotopic (exact) mass is 272 g/mol. The fourth-order valence-electron chi connectivity index (χ4n) is 1.15. The smallest absolute Gasteiger partial charge is 0.258 e. The fourth-order valence-corrected chi connectivity index (χ4v) is 1.45. The molecular formula is C11H13ClN2O2S. The molecule has 92 valence electrons. The number of aryl methyl sites for hydroxylation is 1. The molecule has 0 aliphatic carbocycles. The Labute approximate surface area is 110 Å². The van der Waals surface area contributed by atoms with Gasteiger partial charge in [0, 0.05) is 5.02 Å². The lowest BCUT2D eigenvalue weighted by Crippen LogP contribution is -2.35. The van der Waals surface area contributed by atoms with Gasteiger partial charge in [-0.25, -0.2) is 0 Å². The van der Waals surface area contributed by atoms with Crippen LogP contribution in [0, 0.1) is 6.92 Å². The van der Waals surface area contributed by atoms with Gasteiger partial charge >= 0.3 is 0 Å². The van der Waals surface area contributed by atoms with Crippen LogP contribution in [0.2, 0.25) is 5.02 Å². The number of nitrogens with one attached hydrogen (secondary N) is 1. The molecule has 1 aromatic carbocycles. The van der Waals surface area contributed by atoms with Crippen LogP contribution in [-0.4, -0.2) is 24.0 Å². The van der Waals surface area contributed by atoms with E-state index in [0.29, 0.717) is 10.8 Å². The predicted molar refractivity (Wildman–Crippen MR) is 71.5 cm³/mol. The summed E-state index contributed by atoms with van der Waals surface area (Å²) in [5.74, 6) is 0.354. The van der Waals surface area contributed by atoms with Crippen LogP contribution < -0.4 is 15.8 Å². The molecule has 0 unspecified atom stereocenters. The number of amides is 1. The van der Waals surface area contributed by atoms with Gasteiger partial charge in [-0.3, -0.25) is 4.79 Å². The Morgan fingerprint density at radius 2 is 2.29 bits per heavy atom. The van der Waals surface area contributed by atoms with Gasteiger partial charge in [0.15, 0.2) is 6.61 Å². The average Bonchev–Trinajstić information content (AvgIpc) is 2.25. The van der Waals surface area contributed by atoms with Crippen molar-refractivity contribution >= 4 is 34.7 Å². The average molecular weight is 273 g/mol. The fraction of sp³-hybridized carbons (Fsp3) is 0.273. The zero-order chi connectivity index (χ0) is 12.8. The second kappa shape index (κ2) is 6.42. The highest BCUT2D eigenvalue weighted by molar-refractivity contribution is 7.80. The largest absolute Gasteiger partial charge is 0.484 e. The van der Waals surface area contributed by atoms with Gasteiger partial charge in [-0.2, -0.15) is 0 Å². The Hall–Kier alpha value is -1.33. The summed E-state index contributed by atoms with van der Waals surface area (Å²) >= 11 is 10.4. The maximum Gasteiger partial charge on any atom is 0.258 e. The molecule has 0 aromatic heterocycles. The summed E-state index contributed by atoms with van der Waals surface area (Å²) in [6, 6.07) is 5.19. The Balaban J connectivity index is 2.44. The zero-order valence-electron chi connectivity index (χ0n) is 9.33. The molecule has 6 heteroatoms. The third kappa shape index (κ3) is 5.01. The number of halogens is 1. The Morgan fingerprint density at radius 3 is 2.88 bits per heavy atom. The second-order valence-electron chi connectivity index (χ2n) is 3.44. The quantitative estimate of drug-likeness (QED) is 0.796. The van der Waals surface area contributed by atoms with Gasteiger partial charge in [-0.05, 0) is 30.7 Å². The number of hydrogen-bond donors (Lipinski definition) is 2. The first-order chi connectivity index (χ1) is 7.99. The summed E-state index contributed by atoms with van der Waals surface area (Å²) in [7, 11) is 0.